The van der Waals surface area contributed by atoms with Gasteiger partial charge in [-0.3, -0.25) is 4.79 Å². The van der Waals surface area contributed by atoms with E-state index in [2.05, 4.69) is 5.32 Å². The lowest BCUT2D eigenvalue weighted by Crippen LogP contribution is -2.31. The number of amides is 1. The van der Waals surface area contributed by atoms with E-state index in [1.165, 1.54) is 11.3 Å². The zero-order chi connectivity index (χ0) is 12.3. The van der Waals surface area contributed by atoms with Crippen molar-refractivity contribution in [2.24, 2.45) is 11.8 Å². The number of aliphatic hydroxyl groups excluding tert-OH is 1. The van der Waals surface area contributed by atoms with Gasteiger partial charge < -0.3 is 10.4 Å². The molecule has 1 fully saturated rings. The fourth-order valence-electron chi connectivity index (χ4n) is 2.38. The summed E-state index contributed by atoms with van der Waals surface area (Å²) < 4.78 is 0. The van der Waals surface area contributed by atoms with E-state index in [4.69, 9.17) is 11.6 Å². The highest BCUT2D eigenvalue weighted by Crippen LogP contribution is 2.31. The molecule has 1 amide bonds. The number of hydrogen-bond acceptors (Lipinski definition) is 3. The average Bonchev–Trinajstić information content (AvgIpc) is 2.94. The van der Waals surface area contributed by atoms with Gasteiger partial charge in [-0.2, -0.15) is 0 Å². The van der Waals surface area contributed by atoms with Gasteiger partial charge in [-0.05, 0) is 36.1 Å². The molecule has 94 valence electrons. The molecule has 0 aliphatic heterocycles. The zero-order valence-electron chi connectivity index (χ0n) is 9.49. The van der Waals surface area contributed by atoms with Crippen LogP contribution < -0.4 is 5.32 Å². The van der Waals surface area contributed by atoms with Crippen LogP contribution in [0.2, 0.25) is 5.02 Å². The van der Waals surface area contributed by atoms with E-state index in [1.54, 1.807) is 6.07 Å². The van der Waals surface area contributed by atoms with Gasteiger partial charge in [0.15, 0.2) is 0 Å². The molecule has 1 aromatic rings. The number of rotatable bonds is 4. The smallest absolute Gasteiger partial charge is 0.262 e. The van der Waals surface area contributed by atoms with E-state index in [9.17, 15) is 9.90 Å². The normalized spacial score (nSPS) is 23.9. The third-order valence-electron chi connectivity index (χ3n) is 3.40. The van der Waals surface area contributed by atoms with Gasteiger partial charge in [0.05, 0.1) is 5.02 Å². The standard InChI is InChI=1S/C12H16ClNO2S/c13-10-4-5-17-11(10)12(16)14-6-8-2-1-3-9(8)7-15/h4-5,8-9,15H,1-3,6-7H2,(H,14,16). The maximum atomic E-state index is 11.8. The Bertz CT molecular complexity index is 394. The Hall–Kier alpha value is -0.580. The highest BCUT2D eigenvalue weighted by Gasteiger charge is 2.27. The first-order valence-electron chi connectivity index (χ1n) is 5.84. The lowest BCUT2D eigenvalue weighted by Gasteiger charge is -2.17. The lowest BCUT2D eigenvalue weighted by atomic mass is 9.97. The number of nitrogens with one attached hydrogen (secondary N) is 1. The molecule has 2 atom stereocenters. The monoisotopic (exact) mass is 273 g/mol. The van der Waals surface area contributed by atoms with Gasteiger partial charge >= 0.3 is 0 Å². The molecular formula is C12H16ClNO2S. The summed E-state index contributed by atoms with van der Waals surface area (Å²) in [5.74, 6) is 0.644. The molecule has 0 radical (unpaired) electrons. The quantitative estimate of drug-likeness (QED) is 0.886. The van der Waals surface area contributed by atoms with E-state index in [0.717, 1.165) is 19.3 Å². The summed E-state index contributed by atoms with van der Waals surface area (Å²) in [5.41, 5.74) is 0. The first kappa shape index (κ1) is 12.9. The zero-order valence-corrected chi connectivity index (χ0v) is 11.1. The number of thiophene rings is 1. The molecule has 5 heteroatoms. The second kappa shape index (κ2) is 5.85. The predicted octanol–water partition coefficient (Wildman–Crippen LogP) is 2.54. The van der Waals surface area contributed by atoms with Crippen molar-refractivity contribution in [2.75, 3.05) is 13.2 Å². The Labute approximate surface area is 110 Å². The van der Waals surface area contributed by atoms with Crippen LogP contribution in [0.5, 0.6) is 0 Å². The topological polar surface area (TPSA) is 49.3 Å². The first-order valence-corrected chi connectivity index (χ1v) is 7.10. The van der Waals surface area contributed by atoms with E-state index in [-0.39, 0.29) is 12.5 Å². The van der Waals surface area contributed by atoms with Gasteiger partial charge in [0.1, 0.15) is 4.88 Å². The molecule has 2 unspecified atom stereocenters. The number of aliphatic hydroxyl groups is 1. The Morgan fingerprint density at radius 1 is 1.53 bits per heavy atom. The third kappa shape index (κ3) is 3.00. The SMILES string of the molecule is O=C(NCC1CCCC1CO)c1sccc1Cl. The van der Waals surface area contributed by atoms with Crippen LogP contribution in [-0.4, -0.2) is 24.2 Å². The van der Waals surface area contributed by atoms with Crippen molar-refractivity contribution in [1.29, 1.82) is 0 Å². The molecular weight excluding hydrogens is 258 g/mol. The highest BCUT2D eigenvalue weighted by atomic mass is 35.5. The maximum absolute atomic E-state index is 11.8. The van der Waals surface area contributed by atoms with Gasteiger partial charge in [0.2, 0.25) is 0 Å². The fourth-order valence-corrected chi connectivity index (χ4v) is 3.44. The Kier molecular flexibility index (Phi) is 4.42. The summed E-state index contributed by atoms with van der Waals surface area (Å²) in [6.07, 6.45) is 3.30. The van der Waals surface area contributed by atoms with Crippen molar-refractivity contribution in [3.8, 4) is 0 Å². The molecule has 1 aromatic heterocycles. The fraction of sp³-hybridized carbons (Fsp3) is 0.583. The molecule has 0 spiro atoms. The molecule has 2 N–H and O–H groups in total. The van der Waals surface area contributed by atoms with Crippen LogP contribution in [0.25, 0.3) is 0 Å². The van der Waals surface area contributed by atoms with E-state index in [0.29, 0.717) is 28.3 Å². The summed E-state index contributed by atoms with van der Waals surface area (Å²) >= 11 is 7.25. The summed E-state index contributed by atoms with van der Waals surface area (Å²) in [6, 6.07) is 1.73. The van der Waals surface area contributed by atoms with Crippen molar-refractivity contribution in [2.45, 2.75) is 19.3 Å². The Morgan fingerprint density at radius 3 is 2.94 bits per heavy atom. The van der Waals surface area contributed by atoms with Crippen molar-refractivity contribution in [1.82, 2.24) is 5.32 Å². The van der Waals surface area contributed by atoms with Crippen molar-refractivity contribution in [3.63, 3.8) is 0 Å². The highest BCUT2D eigenvalue weighted by molar-refractivity contribution is 7.12. The molecule has 1 heterocycles. The number of halogens is 1. The molecule has 0 saturated heterocycles. The van der Waals surface area contributed by atoms with Crippen LogP contribution in [-0.2, 0) is 0 Å². The second-order valence-corrected chi connectivity index (χ2v) is 5.76. The lowest BCUT2D eigenvalue weighted by molar-refractivity contribution is 0.0942. The molecule has 17 heavy (non-hydrogen) atoms. The minimum absolute atomic E-state index is 0.103. The number of carbonyl (C=O) groups is 1. The van der Waals surface area contributed by atoms with Crippen molar-refractivity contribution >= 4 is 28.8 Å². The van der Waals surface area contributed by atoms with Gasteiger partial charge in [0.25, 0.3) is 5.91 Å². The van der Waals surface area contributed by atoms with Gasteiger partial charge in [-0.15, -0.1) is 11.3 Å². The van der Waals surface area contributed by atoms with Crippen LogP contribution in [0.4, 0.5) is 0 Å². The van der Waals surface area contributed by atoms with Gasteiger partial charge in [-0.25, -0.2) is 0 Å². The number of hydrogen-bond donors (Lipinski definition) is 2. The molecule has 1 aliphatic rings. The largest absolute Gasteiger partial charge is 0.396 e. The molecule has 1 saturated carbocycles. The number of carbonyl (C=O) groups excluding carboxylic acids is 1. The second-order valence-electron chi connectivity index (χ2n) is 4.44. The van der Waals surface area contributed by atoms with Crippen LogP contribution in [0.3, 0.4) is 0 Å². The van der Waals surface area contributed by atoms with Crippen LogP contribution in [0.1, 0.15) is 28.9 Å². The average molecular weight is 274 g/mol. The predicted molar refractivity (Wildman–Crippen MR) is 69.6 cm³/mol. The summed E-state index contributed by atoms with van der Waals surface area (Å²) in [6.45, 7) is 0.860. The minimum Gasteiger partial charge on any atom is -0.396 e. The molecule has 2 rings (SSSR count). The summed E-state index contributed by atoms with van der Waals surface area (Å²) in [5, 5.41) is 14.4. The molecule has 0 bridgehead atoms. The molecule has 0 aromatic carbocycles. The Morgan fingerprint density at radius 2 is 2.29 bits per heavy atom. The van der Waals surface area contributed by atoms with Gasteiger partial charge in [-0.1, -0.05) is 18.0 Å². The molecule has 1 aliphatic carbocycles. The van der Waals surface area contributed by atoms with Crippen LogP contribution >= 0.6 is 22.9 Å². The van der Waals surface area contributed by atoms with E-state index >= 15 is 0 Å². The summed E-state index contributed by atoms with van der Waals surface area (Å²) in [7, 11) is 0. The maximum Gasteiger partial charge on any atom is 0.262 e. The van der Waals surface area contributed by atoms with Crippen LogP contribution in [0.15, 0.2) is 11.4 Å². The van der Waals surface area contributed by atoms with Crippen LogP contribution in [0, 0.1) is 11.8 Å². The first-order chi connectivity index (χ1) is 8.22. The van der Waals surface area contributed by atoms with Crippen molar-refractivity contribution < 1.29 is 9.90 Å². The third-order valence-corrected chi connectivity index (χ3v) is 4.74. The summed E-state index contributed by atoms with van der Waals surface area (Å²) in [4.78, 5) is 12.4. The minimum atomic E-state index is -0.103. The van der Waals surface area contributed by atoms with E-state index < -0.39 is 0 Å². The molecule has 3 nitrogen and oxygen atoms in total. The van der Waals surface area contributed by atoms with Crippen molar-refractivity contribution in [3.05, 3.63) is 21.3 Å². The van der Waals surface area contributed by atoms with Gasteiger partial charge in [0, 0.05) is 13.2 Å². The van der Waals surface area contributed by atoms with E-state index in [1.807, 2.05) is 5.38 Å². The Balaban J connectivity index is 1.86.